The maximum absolute atomic E-state index is 12.8. The van der Waals surface area contributed by atoms with Gasteiger partial charge in [-0.3, -0.25) is 14.4 Å². The number of fused-ring (bicyclic) bond motifs is 5. The molecule has 4 aliphatic carbocycles. The van der Waals surface area contributed by atoms with E-state index < -0.39 is 22.5 Å². The summed E-state index contributed by atoms with van der Waals surface area (Å²) in [7, 11) is 0. The molecule has 1 N–H and O–H groups in total. The van der Waals surface area contributed by atoms with E-state index in [2.05, 4.69) is 13.0 Å². The Bertz CT molecular complexity index is 866. The number of carbonyl (C=O) groups excluding carboxylic acids is 3. The number of Topliss-reactive ketones (excluding diaryl/α,β-unsaturated/α-hetero) is 1. The van der Waals surface area contributed by atoms with Crippen LogP contribution in [-0.4, -0.2) is 34.3 Å². The van der Waals surface area contributed by atoms with Gasteiger partial charge in [-0.05, 0) is 55.7 Å². The zero-order valence-electron chi connectivity index (χ0n) is 17.6. The molecular formula is C24H30O5. The van der Waals surface area contributed by atoms with E-state index in [1.165, 1.54) is 6.92 Å². The number of hydrogen-bond donors (Lipinski definition) is 1. The minimum atomic E-state index is -1.18. The minimum Gasteiger partial charge on any atom is -0.450 e. The highest BCUT2D eigenvalue weighted by atomic mass is 16.6. The molecule has 0 aliphatic heterocycles. The van der Waals surface area contributed by atoms with Crippen molar-refractivity contribution in [2.75, 3.05) is 0 Å². The van der Waals surface area contributed by atoms with Crippen LogP contribution in [0.5, 0.6) is 0 Å². The highest BCUT2D eigenvalue weighted by Crippen LogP contribution is 2.66. The van der Waals surface area contributed by atoms with Crippen LogP contribution in [0.2, 0.25) is 0 Å². The third-order valence-corrected chi connectivity index (χ3v) is 8.32. The Morgan fingerprint density at radius 3 is 2.66 bits per heavy atom. The van der Waals surface area contributed by atoms with Crippen LogP contribution in [0.25, 0.3) is 0 Å². The van der Waals surface area contributed by atoms with Crippen molar-refractivity contribution in [3.63, 3.8) is 0 Å². The van der Waals surface area contributed by atoms with Gasteiger partial charge in [-0.2, -0.15) is 0 Å². The van der Waals surface area contributed by atoms with E-state index in [0.29, 0.717) is 12.8 Å². The van der Waals surface area contributed by atoms with Gasteiger partial charge < -0.3 is 9.84 Å². The number of aliphatic hydroxyl groups is 1. The van der Waals surface area contributed by atoms with E-state index in [1.54, 1.807) is 19.1 Å². The largest absolute Gasteiger partial charge is 0.450 e. The number of rotatable bonds is 3. The summed E-state index contributed by atoms with van der Waals surface area (Å²) < 4.78 is 5.86. The molecule has 0 aromatic heterocycles. The molecule has 0 saturated heterocycles. The molecule has 4 aliphatic rings. The van der Waals surface area contributed by atoms with E-state index >= 15 is 0 Å². The Balaban J connectivity index is 1.79. The van der Waals surface area contributed by atoms with Crippen molar-refractivity contribution < 1.29 is 24.2 Å². The number of ether oxygens (including phenoxy) is 1. The predicted octanol–water partition coefficient (Wildman–Crippen LogP) is 3.32. The lowest BCUT2D eigenvalue weighted by Crippen LogP contribution is -2.61. The molecule has 0 heterocycles. The lowest BCUT2D eigenvalue weighted by Gasteiger charge is -2.58. The van der Waals surface area contributed by atoms with Gasteiger partial charge in [0.1, 0.15) is 0 Å². The Labute approximate surface area is 171 Å². The highest BCUT2D eigenvalue weighted by molar-refractivity contribution is 6.01. The number of ketones is 2. The van der Waals surface area contributed by atoms with Crippen molar-refractivity contribution in [3.05, 3.63) is 36.0 Å². The number of carbonyl (C=O) groups is 3. The first-order valence-electron chi connectivity index (χ1n) is 10.6. The van der Waals surface area contributed by atoms with Gasteiger partial charge >= 0.3 is 5.97 Å². The Morgan fingerprint density at radius 2 is 2.00 bits per heavy atom. The standard InChI is InChI=1S/C24H30O5/c1-5-20(28)29-24(14(2)25)11-9-18-17-7-6-15-12-16(26)8-10-22(15,3)21(17)19(27)13-23(18,24)4/h6-8,10,12,17-19,21,27H,5,9,11,13H2,1-4H3/t17-,18-,19-,21+,22-,23-,24+/m0/s1. The lowest BCUT2D eigenvalue weighted by atomic mass is 9.48. The number of allylic oxidation sites excluding steroid dienone is 6. The summed E-state index contributed by atoms with van der Waals surface area (Å²) in [5, 5.41) is 11.4. The van der Waals surface area contributed by atoms with Crippen molar-refractivity contribution in [1.82, 2.24) is 0 Å². The molecule has 5 heteroatoms. The summed E-state index contributed by atoms with van der Waals surface area (Å²) >= 11 is 0. The summed E-state index contributed by atoms with van der Waals surface area (Å²) in [4.78, 5) is 36.9. The first-order chi connectivity index (χ1) is 13.6. The zero-order chi connectivity index (χ0) is 21.2. The van der Waals surface area contributed by atoms with Crippen LogP contribution in [-0.2, 0) is 19.1 Å². The second kappa shape index (κ2) is 6.49. The highest BCUT2D eigenvalue weighted by Gasteiger charge is 2.69. The zero-order valence-corrected chi connectivity index (χ0v) is 17.6. The number of hydrogen-bond acceptors (Lipinski definition) is 5. The molecule has 29 heavy (non-hydrogen) atoms. The van der Waals surface area contributed by atoms with Gasteiger partial charge in [-0.15, -0.1) is 0 Å². The summed E-state index contributed by atoms with van der Waals surface area (Å²) in [6.45, 7) is 7.32. The molecule has 156 valence electrons. The van der Waals surface area contributed by atoms with Crippen LogP contribution in [0.15, 0.2) is 36.0 Å². The molecule has 2 fully saturated rings. The van der Waals surface area contributed by atoms with Crippen molar-refractivity contribution >= 4 is 17.5 Å². The van der Waals surface area contributed by atoms with Crippen LogP contribution < -0.4 is 0 Å². The summed E-state index contributed by atoms with van der Waals surface area (Å²) in [5.74, 6) is -0.451. The van der Waals surface area contributed by atoms with Crippen molar-refractivity contribution in [3.8, 4) is 0 Å². The minimum absolute atomic E-state index is 0.0290. The normalized spacial score (nSPS) is 45.1. The van der Waals surface area contributed by atoms with Crippen LogP contribution in [0, 0.1) is 28.6 Å². The summed E-state index contributed by atoms with van der Waals surface area (Å²) in [5.41, 5.74) is -1.29. The van der Waals surface area contributed by atoms with E-state index in [1.807, 2.05) is 19.1 Å². The van der Waals surface area contributed by atoms with Gasteiger partial charge in [0.15, 0.2) is 17.2 Å². The van der Waals surface area contributed by atoms with Crippen molar-refractivity contribution in [2.24, 2.45) is 28.6 Å². The molecular weight excluding hydrogens is 368 g/mol. The molecule has 0 amide bonds. The fourth-order valence-corrected chi connectivity index (χ4v) is 6.86. The maximum Gasteiger partial charge on any atom is 0.306 e. The maximum atomic E-state index is 12.8. The van der Waals surface area contributed by atoms with E-state index in [4.69, 9.17) is 4.74 Å². The Kier molecular flexibility index (Phi) is 4.54. The van der Waals surface area contributed by atoms with Crippen LogP contribution in [0.1, 0.15) is 53.4 Å². The van der Waals surface area contributed by atoms with Gasteiger partial charge in [-0.1, -0.05) is 39.0 Å². The third kappa shape index (κ3) is 2.59. The first kappa shape index (κ1) is 20.3. The van der Waals surface area contributed by atoms with Crippen LogP contribution in [0.4, 0.5) is 0 Å². The molecule has 2 saturated carbocycles. The Morgan fingerprint density at radius 1 is 1.28 bits per heavy atom. The quantitative estimate of drug-likeness (QED) is 0.738. The first-order valence-corrected chi connectivity index (χ1v) is 10.6. The van der Waals surface area contributed by atoms with Crippen molar-refractivity contribution in [2.45, 2.75) is 65.1 Å². The van der Waals surface area contributed by atoms with Crippen LogP contribution >= 0.6 is 0 Å². The topological polar surface area (TPSA) is 80.7 Å². The molecule has 0 unspecified atom stereocenters. The fraction of sp³-hybridized carbons (Fsp3) is 0.625. The van der Waals surface area contributed by atoms with E-state index in [-0.39, 0.29) is 41.7 Å². The molecule has 5 nitrogen and oxygen atoms in total. The average Bonchev–Trinajstić information content (AvgIpc) is 2.94. The smallest absolute Gasteiger partial charge is 0.306 e. The summed E-state index contributed by atoms with van der Waals surface area (Å²) in [6.07, 6.45) is 10.5. The van der Waals surface area contributed by atoms with E-state index in [0.717, 1.165) is 12.0 Å². The molecule has 0 aromatic rings. The SMILES string of the molecule is CCC(=O)O[C@@]1(C(C)=O)CC[C@H]2[C@@H]3C=CC4=CC(=O)C=C[C@]4(C)[C@H]3[C@@H](O)C[C@@]21C. The average molecular weight is 398 g/mol. The second-order valence-electron chi connectivity index (χ2n) is 9.63. The monoisotopic (exact) mass is 398 g/mol. The number of esters is 1. The molecule has 0 aromatic carbocycles. The summed E-state index contributed by atoms with van der Waals surface area (Å²) in [6, 6.07) is 0. The molecule has 0 bridgehead atoms. The lowest BCUT2D eigenvalue weighted by molar-refractivity contribution is -0.193. The van der Waals surface area contributed by atoms with Crippen molar-refractivity contribution in [1.29, 1.82) is 0 Å². The molecule has 4 rings (SSSR count). The molecule has 0 radical (unpaired) electrons. The van der Waals surface area contributed by atoms with Gasteiger partial charge in [0, 0.05) is 23.2 Å². The predicted molar refractivity (Wildman–Crippen MR) is 108 cm³/mol. The van der Waals surface area contributed by atoms with Gasteiger partial charge in [0.2, 0.25) is 0 Å². The third-order valence-electron chi connectivity index (χ3n) is 8.32. The fourth-order valence-electron chi connectivity index (χ4n) is 6.86. The Hall–Kier alpha value is -2.01. The van der Waals surface area contributed by atoms with Gasteiger partial charge in [-0.25, -0.2) is 0 Å². The second-order valence-corrected chi connectivity index (χ2v) is 9.63. The van der Waals surface area contributed by atoms with Gasteiger partial charge in [0.25, 0.3) is 0 Å². The number of aliphatic hydroxyl groups excluding tert-OH is 1. The van der Waals surface area contributed by atoms with Crippen LogP contribution in [0.3, 0.4) is 0 Å². The van der Waals surface area contributed by atoms with E-state index in [9.17, 15) is 19.5 Å². The van der Waals surface area contributed by atoms with Gasteiger partial charge in [0.05, 0.1) is 6.10 Å². The molecule has 7 atom stereocenters. The molecule has 0 spiro atoms.